The zero-order valence-corrected chi connectivity index (χ0v) is 11.8. The average molecular weight is 260 g/mol. The van der Waals surface area contributed by atoms with Gasteiger partial charge in [0.25, 0.3) is 0 Å². The summed E-state index contributed by atoms with van der Waals surface area (Å²) in [4.78, 5) is 2.42. The van der Waals surface area contributed by atoms with E-state index in [1.54, 1.807) is 0 Å². The first-order valence-electron chi connectivity index (χ1n) is 7.46. The lowest BCUT2D eigenvalue weighted by Crippen LogP contribution is -2.35. The lowest BCUT2D eigenvalue weighted by Gasteiger charge is -2.30. The smallest absolute Gasteiger partial charge is 0.124 e. The number of rotatable bonds is 3. The second-order valence-electron chi connectivity index (χ2n) is 5.90. The van der Waals surface area contributed by atoms with Crippen LogP contribution in [0.1, 0.15) is 24.0 Å². The maximum atomic E-state index is 6.13. The molecule has 1 unspecified atom stereocenters. The minimum absolute atomic E-state index is 0.686. The summed E-state index contributed by atoms with van der Waals surface area (Å²) in [6, 6.07) is 6.49. The Morgan fingerprint density at radius 2 is 2.37 bits per heavy atom. The quantitative estimate of drug-likeness (QED) is 0.900. The molecule has 0 amide bonds. The molecule has 0 bridgehead atoms. The van der Waals surface area contributed by atoms with Crippen LogP contribution in [0.25, 0.3) is 0 Å². The van der Waals surface area contributed by atoms with Crippen molar-refractivity contribution in [1.82, 2.24) is 10.2 Å². The van der Waals surface area contributed by atoms with Crippen molar-refractivity contribution in [2.45, 2.75) is 25.8 Å². The summed E-state index contributed by atoms with van der Waals surface area (Å²) in [5.74, 6) is 1.78. The topological polar surface area (TPSA) is 24.5 Å². The van der Waals surface area contributed by atoms with Crippen molar-refractivity contribution < 1.29 is 4.74 Å². The number of hydrogen-bond acceptors (Lipinski definition) is 3. The molecule has 0 spiro atoms. The molecule has 1 N–H and O–H groups in total. The number of hydrogen-bond donors (Lipinski definition) is 1. The molecular formula is C16H24N2O. The molecule has 1 atom stereocenters. The van der Waals surface area contributed by atoms with Gasteiger partial charge in [0.15, 0.2) is 0 Å². The van der Waals surface area contributed by atoms with Crippen molar-refractivity contribution in [3.8, 4) is 5.75 Å². The Kier molecular flexibility index (Phi) is 4.04. The summed E-state index contributed by atoms with van der Waals surface area (Å²) < 4.78 is 6.13. The van der Waals surface area contributed by atoms with Gasteiger partial charge in [-0.3, -0.25) is 0 Å². The first kappa shape index (κ1) is 12.9. The fourth-order valence-corrected chi connectivity index (χ4v) is 3.23. The molecule has 3 nitrogen and oxygen atoms in total. The van der Waals surface area contributed by atoms with Crippen LogP contribution in [0.3, 0.4) is 0 Å². The first-order valence-corrected chi connectivity index (χ1v) is 7.46. The number of benzene rings is 1. The Balaban J connectivity index is 1.63. The van der Waals surface area contributed by atoms with Crippen LogP contribution in [0.15, 0.2) is 18.2 Å². The predicted octanol–water partition coefficient (Wildman–Crippen LogP) is 2.05. The van der Waals surface area contributed by atoms with Crippen molar-refractivity contribution in [2.24, 2.45) is 5.92 Å². The van der Waals surface area contributed by atoms with Crippen LogP contribution in [-0.4, -0.2) is 38.2 Å². The Labute approximate surface area is 115 Å². The molecule has 104 valence electrons. The van der Waals surface area contributed by atoms with E-state index in [4.69, 9.17) is 4.74 Å². The highest BCUT2D eigenvalue weighted by Gasteiger charge is 2.19. The maximum Gasteiger partial charge on any atom is 0.124 e. The zero-order valence-electron chi connectivity index (χ0n) is 11.8. The van der Waals surface area contributed by atoms with Gasteiger partial charge in [0.1, 0.15) is 5.75 Å². The number of piperidine rings is 1. The zero-order chi connectivity index (χ0) is 13.1. The summed E-state index contributed by atoms with van der Waals surface area (Å²) in [5, 5.41) is 3.44. The minimum Gasteiger partial charge on any atom is -0.493 e. The summed E-state index contributed by atoms with van der Waals surface area (Å²) in [6.07, 6.45) is 3.73. The Morgan fingerprint density at radius 3 is 3.26 bits per heavy atom. The molecule has 0 radical (unpaired) electrons. The van der Waals surface area contributed by atoms with Gasteiger partial charge in [0.2, 0.25) is 0 Å². The van der Waals surface area contributed by atoms with Crippen LogP contribution in [0.2, 0.25) is 0 Å². The van der Waals surface area contributed by atoms with Crippen molar-refractivity contribution in [2.75, 3.05) is 33.3 Å². The second-order valence-corrected chi connectivity index (χ2v) is 5.90. The van der Waals surface area contributed by atoms with Crippen molar-refractivity contribution in [3.63, 3.8) is 0 Å². The third-order valence-electron chi connectivity index (χ3n) is 4.30. The predicted molar refractivity (Wildman–Crippen MR) is 77.6 cm³/mol. The molecule has 2 aliphatic heterocycles. The number of likely N-dealkylation sites (tertiary alicyclic amines) is 1. The highest BCUT2D eigenvalue weighted by molar-refractivity contribution is 5.41. The largest absolute Gasteiger partial charge is 0.493 e. The SMILES string of the molecule is CN1CCCC(COc2cccc3c2CNCC3)C1. The van der Waals surface area contributed by atoms with E-state index in [9.17, 15) is 0 Å². The normalized spacial score (nSPS) is 23.9. The first-order chi connectivity index (χ1) is 9.33. The molecule has 1 saturated heterocycles. The van der Waals surface area contributed by atoms with E-state index in [2.05, 4.69) is 35.5 Å². The Morgan fingerprint density at radius 1 is 1.42 bits per heavy atom. The molecule has 1 aromatic rings. The van der Waals surface area contributed by atoms with Crippen LogP contribution in [0.5, 0.6) is 5.75 Å². The van der Waals surface area contributed by atoms with Crippen LogP contribution in [-0.2, 0) is 13.0 Å². The van der Waals surface area contributed by atoms with Gasteiger partial charge in [-0.15, -0.1) is 0 Å². The van der Waals surface area contributed by atoms with Crippen LogP contribution in [0.4, 0.5) is 0 Å². The Hall–Kier alpha value is -1.06. The van der Waals surface area contributed by atoms with Crippen LogP contribution >= 0.6 is 0 Å². The number of ether oxygens (including phenoxy) is 1. The fourth-order valence-electron chi connectivity index (χ4n) is 3.23. The molecule has 2 heterocycles. The van der Waals surface area contributed by atoms with E-state index in [1.165, 1.54) is 37.1 Å². The molecule has 0 aliphatic carbocycles. The third kappa shape index (κ3) is 3.10. The third-order valence-corrected chi connectivity index (χ3v) is 4.30. The monoisotopic (exact) mass is 260 g/mol. The van der Waals surface area contributed by atoms with Crippen LogP contribution < -0.4 is 10.1 Å². The second kappa shape index (κ2) is 5.93. The molecule has 3 heteroatoms. The van der Waals surface area contributed by atoms with Gasteiger partial charge in [-0.05, 0) is 51.0 Å². The van der Waals surface area contributed by atoms with E-state index in [1.807, 2.05) is 0 Å². The van der Waals surface area contributed by atoms with Crippen LogP contribution in [0, 0.1) is 5.92 Å². The lowest BCUT2D eigenvalue weighted by molar-refractivity contribution is 0.149. The van der Waals surface area contributed by atoms with Crippen molar-refractivity contribution in [1.29, 1.82) is 0 Å². The highest BCUT2D eigenvalue weighted by atomic mass is 16.5. The molecule has 0 saturated carbocycles. The van der Waals surface area contributed by atoms with E-state index in [0.717, 1.165) is 31.9 Å². The minimum atomic E-state index is 0.686. The van der Waals surface area contributed by atoms with Crippen molar-refractivity contribution in [3.05, 3.63) is 29.3 Å². The van der Waals surface area contributed by atoms with Gasteiger partial charge in [0.05, 0.1) is 6.61 Å². The maximum absolute atomic E-state index is 6.13. The van der Waals surface area contributed by atoms with Gasteiger partial charge < -0.3 is 15.0 Å². The van der Waals surface area contributed by atoms with Gasteiger partial charge in [0, 0.05) is 24.6 Å². The van der Waals surface area contributed by atoms with E-state index < -0.39 is 0 Å². The molecule has 1 aromatic carbocycles. The molecule has 0 aromatic heterocycles. The summed E-state index contributed by atoms with van der Waals surface area (Å²) in [6.45, 7) is 5.31. The molecule has 19 heavy (non-hydrogen) atoms. The van der Waals surface area contributed by atoms with E-state index in [0.29, 0.717) is 5.92 Å². The Bertz CT molecular complexity index is 433. The molecule has 1 fully saturated rings. The van der Waals surface area contributed by atoms with Gasteiger partial charge in [-0.1, -0.05) is 12.1 Å². The number of nitrogens with zero attached hydrogens (tertiary/aromatic N) is 1. The fraction of sp³-hybridized carbons (Fsp3) is 0.625. The van der Waals surface area contributed by atoms with Gasteiger partial charge in [-0.25, -0.2) is 0 Å². The average Bonchev–Trinajstić information content (AvgIpc) is 2.45. The van der Waals surface area contributed by atoms with Crippen molar-refractivity contribution >= 4 is 0 Å². The lowest BCUT2D eigenvalue weighted by atomic mass is 9.98. The highest BCUT2D eigenvalue weighted by Crippen LogP contribution is 2.26. The number of fused-ring (bicyclic) bond motifs is 1. The molecule has 3 rings (SSSR count). The van der Waals surface area contributed by atoms with Gasteiger partial charge >= 0.3 is 0 Å². The van der Waals surface area contributed by atoms with E-state index >= 15 is 0 Å². The summed E-state index contributed by atoms with van der Waals surface area (Å²) >= 11 is 0. The van der Waals surface area contributed by atoms with Gasteiger partial charge in [-0.2, -0.15) is 0 Å². The molecular weight excluding hydrogens is 236 g/mol. The summed E-state index contributed by atoms with van der Waals surface area (Å²) in [5.41, 5.74) is 2.83. The van der Waals surface area contributed by atoms with E-state index in [-0.39, 0.29) is 0 Å². The standard InChI is InChI=1S/C16H24N2O/c1-18-9-3-4-13(11-18)12-19-16-6-2-5-14-7-8-17-10-15(14)16/h2,5-6,13,17H,3-4,7-12H2,1H3. The molecule has 2 aliphatic rings. The summed E-state index contributed by atoms with van der Waals surface area (Å²) in [7, 11) is 2.21. The number of nitrogens with one attached hydrogen (secondary N) is 1.